The van der Waals surface area contributed by atoms with Crippen LogP contribution in [0.25, 0.3) is 0 Å². The lowest BCUT2D eigenvalue weighted by atomic mass is 9.82. The van der Waals surface area contributed by atoms with Crippen LogP contribution in [0.4, 0.5) is 0 Å². The molecule has 1 fully saturated rings. The third-order valence-corrected chi connectivity index (χ3v) is 6.60. The summed E-state index contributed by atoms with van der Waals surface area (Å²) in [5, 5.41) is 9.32. The molecule has 0 aliphatic carbocycles. The van der Waals surface area contributed by atoms with E-state index in [0.717, 1.165) is 16.9 Å². The number of piperidine rings is 1. The van der Waals surface area contributed by atoms with E-state index in [-0.39, 0.29) is 5.91 Å². The number of carbonyl (C=O) groups excluding carboxylic acids is 1. The van der Waals surface area contributed by atoms with Gasteiger partial charge in [-0.3, -0.25) is 4.79 Å². The van der Waals surface area contributed by atoms with Crippen molar-refractivity contribution < 1.29 is 24.2 Å². The predicted molar refractivity (Wildman–Crippen MR) is 101 cm³/mol. The number of rotatable bonds is 3. The average molecular weight is 387 g/mol. The van der Waals surface area contributed by atoms with Gasteiger partial charge in [0.15, 0.2) is 0 Å². The average Bonchev–Trinajstić information content (AvgIpc) is 3.14. The number of thiophene rings is 1. The number of nitrogens with zero attached hydrogens (tertiary/aromatic N) is 1. The van der Waals surface area contributed by atoms with Crippen molar-refractivity contribution in [3.05, 3.63) is 51.2 Å². The van der Waals surface area contributed by atoms with Crippen molar-refractivity contribution in [1.82, 2.24) is 4.90 Å². The fraction of sp³-hybridized carbons (Fsp3) is 0.400. The van der Waals surface area contributed by atoms with Crippen LogP contribution in [-0.2, 0) is 16.8 Å². The topological polar surface area (TPSA) is 76.1 Å². The second-order valence-corrected chi connectivity index (χ2v) is 7.97. The molecule has 4 rings (SSSR count). The molecule has 1 saturated heterocycles. The number of fused-ring (bicyclic) bond motifs is 2. The van der Waals surface area contributed by atoms with E-state index in [1.165, 1.54) is 11.3 Å². The van der Waals surface area contributed by atoms with Crippen LogP contribution < -0.4 is 4.74 Å². The number of amides is 1. The Morgan fingerprint density at radius 1 is 1.26 bits per heavy atom. The van der Waals surface area contributed by atoms with Gasteiger partial charge in [-0.1, -0.05) is 12.1 Å². The van der Waals surface area contributed by atoms with Gasteiger partial charge in [-0.15, -0.1) is 11.3 Å². The molecule has 1 aromatic carbocycles. The summed E-state index contributed by atoms with van der Waals surface area (Å²) in [4.78, 5) is 27.6. The summed E-state index contributed by atoms with van der Waals surface area (Å²) in [6, 6.07) is 9.00. The summed E-state index contributed by atoms with van der Waals surface area (Å²) < 4.78 is 11.5. The maximum absolute atomic E-state index is 12.9. The summed E-state index contributed by atoms with van der Waals surface area (Å²) in [5.41, 5.74) is 1.08. The largest absolute Gasteiger partial charge is 0.496 e. The molecule has 27 heavy (non-hydrogen) atoms. The van der Waals surface area contributed by atoms with E-state index < -0.39 is 11.6 Å². The van der Waals surface area contributed by atoms with Crippen LogP contribution in [0.2, 0.25) is 0 Å². The van der Waals surface area contributed by atoms with E-state index in [2.05, 4.69) is 0 Å². The Balaban J connectivity index is 1.54. The van der Waals surface area contributed by atoms with Crippen molar-refractivity contribution in [2.24, 2.45) is 0 Å². The number of hydrogen-bond acceptors (Lipinski definition) is 5. The van der Waals surface area contributed by atoms with Crippen LogP contribution in [0, 0.1) is 0 Å². The number of methoxy groups -OCH3 is 1. The molecule has 3 heterocycles. The Morgan fingerprint density at radius 2 is 2.00 bits per heavy atom. The number of para-hydroxylation sites is 1. The van der Waals surface area contributed by atoms with Gasteiger partial charge in [0.25, 0.3) is 5.91 Å². The standard InChI is InChI=1S/C20H21NO5S/c1-25-15-5-3-2-4-13(15)18(22)21-9-7-20(8-10-21)14-12-17(19(23)24)27-16(14)6-11-26-20/h2-5,12H,6-11H2,1H3,(H,23,24). The second-order valence-electron chi connectivity index (χ2n) is 6.84. The number of benzene rings is 1. The predicted octanol–water partition coefficient (Wildman–Crippen LogP) is 3.16. The zero-order valence-corrected chi connectivity index (χ0v) is 15.9. The Kier molecular flexibility index (Phi) is 4.65. The van der Waals surface area contributed by atoms with Crippen molar-refractivity contribution in [3.63, 3.8) is 0 Å². The van der Waals surface area contributed by atoms with Gasteiger partial charge in [-0.25, -0.2) is 4.79 Å². The first-order chi connectivity index (χ1) is 13.0. The molecular formula is C20H21NO5S. The lowest BCUT2D eigenvalue weighted by Gasteiger charge is -2.44. The summed E-state index contributed by atoms with van der Waals surface area (Å²) >= 11 is 1.34. The maximum Gasteiger partial charge on any atom is 0.345 e. The highest BCUT2D eigenvalue weighted by Crippen LogP contribution is 2.44. The van der Waals surface area contributed by atoms with E-state index in [1.807, 2.05) is 17.0 Å². The van der Waals surface area contributed by atoms with Crippen molar-refractivity contribution in [1.29, 1.82) is 0 Å². The fourth-order valence-electron chi connectivity index (χ4n) is 4.00. The van der Waals surface area contributed by atoms with Gasteiger partial charge in [0.2, 0.25) is 0 Å². The number of aromatic carboxylic acids is 1. The van der Waals surface area contributed by atoms with Crippen LogP contribution in [0.15, 0.2) is 30.3 Å². The third kappa shape index (κ3) is 3.11. The number of hydrogen-bond donors (Lipinski definition) is 1. The summed E-state index contributed by atoms with van der Waals surface area (Å²) in [6.45, 7) is 1.72. The zero-order chi connectivity index (χ0) is 19.0. The molecule has 0 radical (unpaired) electrons. The summed E-state index contributed by atoms with van der Waals surface area (Å²) in [7, 11) is 1.56. The Morgan fingerprint density at radius 3 is 2.70 bits per heavy atom. The molecule has 1 spiro atoms. The molecule has 1 N–H and O–H groups in total. The molecule has 6 nitrogen and oxygen atoms in total. The maximum atomic E-state index is 12.9. The van der Waals surface area contributed by atoms with Crippen molar-refractivity contribution >= 4 is 23.2 Å². The van der Waals surface area contributed by atoms with Gasteiger partial charge >= 0.3 is 5.97 Å². The molecule has 2 aliphatic heterocycles. The van der Waals surface area contributed by atoms with Crippen LogP contribution >= 0.6 is 11.3 Å². The molecule has 0 saturated carbocycles. The van der Waals surface area contributed by atoms with Gasteiger partial charge in [0.1, 0.15) is 10.6 Å². The van der Waals surface area contributed by atoms with E-state index in [9.17, 15) is 14.7 Å². The molecule has 142 valence electrons. The second kappa shape index (κ2) is 6.98. The normalized spacial score (nSPS) is 18.2. The minimum absolute atomic E-state index is 0.0464. The van der Waals surface area contributed by atoms with Gasteiger partial charge in [0.05, 0.1) is 24.9 Å². The lowest BCUT2D eigenvalue weighted by Crippen LogP contribution is -2.48. The summed E-state index contributed by atoms with van der Waals surface area (Å²) in [6.07, 6.45) is 2.08. The molecule has 0 atom stereocenters. The van der Waals surface area contributed by atoms with Gasteiger partial charge in [-0.2, -0.15) is 0 Å². The fourth-order valence-corrected chi connectivity index (χ4v) is 5.07. The monoisotopic (exact) mass is 387 g/mol. The van der Waals surface area contributed by atoms with Crippen LogP contribution in [0.5, 0.6) is 5.75 Å². The Bertz CT molecular complexity index is 882. The number of carboxylic acids is 1. The van der Waals surface area contributed by atoms with Crippen LogP contribution in [-0.4, -0.2) is 48.7 Å². The lowest BCUT2D eigenvalue weighted by molar-refractivity contribution is -0.0926. The molecule has 7 heteroatoms. The Labute approximate surface area is 161 Å². The number of likely N-dealkylation sites (tertiary alicyclic amines) is 1. The SMILES string of the molecule is COc1ccccc1C(=O)N1CCC2(CC1)OCCc1sc(C(=O)O)cc12. The van der Waals surface area contributed by atoms with Crippen molar-refractivity contribution in [3.8, 4) is 5.75 Å². The molecular weight excluding hydrogens is 366 g/mol. The minimum atomic E-state index is -0.895. The van der Waals surface area contributed by atoms with Gasteiger partial charge in [0, 0.05) is 24.4 Å². The van der Waals surface area contributed by atoms with Crippen molar-refractivity contribution in [2.45, 2.75) is 24.9 Å². The smallest absolute Gasteiger partial charge is 0.345 e. The zero-order valence-electron chi connectivity index (χ0n) is 15.1. The molecule has 2 aliphatic rings. The van der Waals surface area contributed by atoms with E-state index >= 15 is 0 Å². The highest BCUT2D eigenvalue weighted by Gasteiger charge is 2.43. The first kappa shape index (κ1) is 18.0. The van der Waals surface area contributed by atoms with Gasteiger partial charge in [-0.05, 0) is 36.6 Å². The molecule has 2 aromatic rings. The van der Waals surface area contributed by atoms with Crippen LogP contribution in [0.1, 0.15) is 43.3 Å². The third-order valence-electron chi connectivity index (χ3n) is 5.41. The molecule has 1 aromatic heterocycles. The van der Waals surface area contributed by atoms with Crippen LogP contribution in [0.3, 0.4) is 0 Å². The van der Waals surface area contributed by atoms with Gasteiger partial charge < -0.3 is 19.5 Å². The highest BCUT2D eigenvalue weighted by molar-refractivity contribution is 7.14. The summed E-state index contributed by atoms with van der Waals surface area (Å²) in [5.74, 6) is -0.369. The van der Waals surface area contributed by atoms with E-state index in [4.69, 9.17) is 9.47 Å². The highest BCUT2D eigenvalue weighted by atomic mass is 32.1. The van der Waals surface area contributed by atoms with E-state index in [1.54, 1.807) is 25.3 Å². The quantitative estimate of drug-likeness (QED) is 0.876. The number of carboxylic acid groups (broad SMARTS) is 1. The molecule has 1 amide bonds. The molecule has 0 unspecified atom stereocenters. The van der Waals surface area contributed by atoms with Crippen molar-refractivity contribution in [2.75, 3.05) is 26.8 Å². The molecule has 0 bridgehead atoms. The first-order valence-electron chi connectivity index (χ1n) is 8.97. The number of carbonyl (C=O) groups is 2. The minimum Gasteiger partial charge on any atom is -0.496 e. The Hall–Kier alpha value is -2.38. The van der Waals surface area contributed by atoms with E-state index in [0.29, 0.717) is 48.7 Å². The first-order valence-corrected chi connectivity index (χ1v) is 9.78. The number of ether oxygens (including phenoxy) is 2.